The van der Waals surface area contributed by atoms with E-state index in [1.165, 1.54) is 6.92 Å². The third-order valence-corrected chi connectivity index (χ3v) is 4.79. The molecule has 1 aromatic heterocycles. The molecule has 1 aromatic rings. The molecule has 1 N–H and O–H groups in total. The summed E-state index contributed by atoms with van der Waals surface area (Å²) in [6, 6.07) is 4.00. The number of hydrogen-bond donors (Lipinski definition) is 1. The average molecular weight is 281 g/mol. The molecule has 0 aromatic carbocycles. The third-order valence-electron chi connectivity index (χ3n) is 3.68. The van der Waals surface area contributed by atoms with E-state index in [1.807, 2.05) is 39.8 Å². The molecule has 2 heterocycles. The second-order valence-corrected chi connectivity index (χ2v) is 7.00. The van der Waals surface area contributed by atoms with E-state index in [0.717, 1.165) is 9.65 Å². The lowest BCUT2D eigenvalue weighted by atomic mass is 9.88. The van der Waals surface area contributed by atoms with Crippen molar-refractivity contribution in [2.75, 3.05) is 0 Å². The Bertz CT molecular complexity index is 468. The molecule has 6 heteroatoms. The van der Waals surface area contributed by atoms with Crippen LogP contribution in [0, 0.1) is 0 Å². The van der Waals surface area contributed by atoms with Gasteiger partial charge in [-0.15, -0.1) is 11.3 Å². The fraction of sp³-hybridized carbons (Fsp3) is 0.615. The summed E-state index contributed by atoms with van der Waals surface area (Å²) >= 11 is 1.61. The maximum atomic E-state index is 10.9. The first-order chi connectivity index (χ1) is 8.71. The van der Waals surface area contributed by atoms with E-state index in [-0.39, 0.29) is 24.2 Å². The van der Waals surface area contributed by atoms with Crippen molar-refractivity contribution in [3.63, 3.8) is 0 Å². The van der Waals surface area contributed by atoms with Crippen molar-refractivity contribution in [3.05, 3.63) is 17.0 Å². The highest BCUT2D eigenvalue weighted by Gasteiger charge is 2.52. The van der Waals surface area contributed by atoms with Crippen LogP contribution in [0.5, 0.6) is 0 Å². The number of amides is 1. The van der Waals surface area contributed by atoms with Crippen LogP contribution in [0.4, 0.5) is 0 Å². The zero-order chi connectivity index (χ0) is 14.3. The molecule has 0 radical (unpaired) electrons. The summed E-state index contributed by atoms with van der Waals surface area (Å²) in [5.41, 5.74) is -0.640. The van der Waals surface area contributed by atoms with Crippen LogP contribution < -0.4 is 10.1 Å². The van der Waals surface area contributed by atoms with Gasteiger partial charge in [0.1, 0.15) is 0 Å². The average Bonchev–Trinajstić information content (AvgIpc) is 2.79. The molecule has 19 heavy (non-hydrogen) atoms. The van der Waals surface area contributed by atoms with E-state index in [9.17, 15) is 4.79 Å². The molecule has 104 valence electrons. The molecule has 2 rings (SSSR count). The predicted molar refractivity (Wildman–Crippen MR) is 77.6 cm³/mol. The second kappa shape index (κ2) is 4.92. The lowest BCUT2D eigenvalue weighted by Crippen LogP contribution is -2.41. The van der Waals surface area contributed by atoms with Crippen LogP contribution in [0.25, 0.3) is 0 Å². The summed E-state index contributed by atoms with van der Waals surface area (Å²) in [5.74, 6) is -0.0226. The molecule has 0 bridgehead atoms. The van der Waals surface area contributed by atoms with Crippen molar-refractivity contribution < 1.29 is 14.1 Å². The third kappa shape index (κ3) is 3.01. The van der Waals surface area contributed by atoms with Crippen LogP contribution in [0.3, 0.4) is 0 Å². The van der Waals surface area contributed by atoms with E-state index in [2.05, 4.69) is 5.32 Å². The molecular weight excluding hydrogens is 261 g/mol. The molecule has 0 saturated carbocycles. The van der Waals surface area contributed by atoms with Gasteiger partial charge in [-0.2, -0.15) is 0 Å². The van der Waals surface area contributed by atoms with Gasteiger partial charge < -0.3 is 14.6 Å². The van der Waals surface area contributed by atoms with E-state index in [1.54, 1.807) is 11.3 Å². The van der Waals surface area contributed by atoms with E-state index in [4.69, 9.17) is 9.31 Å². The number of rotatable bonds is 3. The molecule has 0 spiro atoms. The standard InChI is InChI=1S/C13H20BNO3S/c1-9(16)15-8-10-6-7-11(19-10)14-17-12(2,3)13(4,5)18-14/h6-7H,8H2,1-5H3,(H,15,16). The number of carbonyl (C=O) groups excluding carboxylic acids is 1. The van der Waals surface area contributed by atoms with Crippen LogP contribution in [0.2, 0.25) is 0 Å². The Hall–Kier alpha value is -0.845. The number of carbonyl (C=O) groups is 1. The summed E-state index contributed by atoms with van der Waals surface area (Å²) in [6.45, 7) is 10.2. The van der Waals surface area contributed by atoms with Crippen molar-refractivity contribution in [2.45, 2.75) is 52.4 Å². The Labute approximate surface area is 118 Å². The van der Waals surface area contributed by atoms with Gasteiger partial charge in [0.2, 0.25) is 5.91 Å². The molecule has 0 atom stereocenters. The molecule has 1 aliphatic rings. The van der Waals surface area contributed by atoms with Crippen LogP contribution in [-0.4, -0.2) is 24.2 Å². The minimum Gasteiger partial charge on any atom is -0.399 e. The van der Waals surface area contributed by atoms with Crippen molar-refractivity contribution in [1.82, 2.24) is 5.32 Å². The zero-order valence-corrected chi connectivity index (χ0v) is 12.9. The Balaban J connectivity index is 2.06. The largest absolute Gasteiger partial charge is 0.505 e. The molecule has 4 nitrogen and oxygen atoms in total. The summed E-state index contributed by atoms with van der Waals surface area (Å²) in [6.07, 6.45) is 0. The van der Waals surface area contributed by atoms with Gasteiger partial charge >= 0.3 is 7.12 Å². The minimum absolute atomic E-state index is 0.0226. The highest BCUT2D eigenvalue weighted by molar-refractivity contribution is 7.22. The van der Waals surface area contributed by atoms with Gasteiger partial charge in [0.15, 0.2) is 0 Å². The molecule has 1 saturated heterocycles. The zero-order valence-electron chi connectivity index (χ0n) is 12.1. The Morgan fingerprint density at radius 2 is 1.84 bits per heavy atom. The summed E-state index contributed by atoms with van der Waals surface area (Å²) in [4.78, 5) is 12.0. The molecule has 0 aliphatic carbocycles. The summed E-state index contributed by atoms with van der Waals surface area (Å²) in [7, 11) is -0.318. The smallest absolute Gasteiger partial charge is 0.399 e. The fourth-order valence-corrected chi connectivity index (χ4v) is 2.70. The summed E-state index contributed by atoms with van der Waals surface area (Å²) < 4.78 is 13.0. The quantitative estimate of drug-likeness (QED) is 0.858. The lowest BCUT2D eigenvalue weighted by Gasteiger charge is -2.32. The van der Waals surface area contributed by atoms with E-state index in [0.29, 0.717) is 6.54 Å². The Morgan fingerprint density at radius 3 is 2.37 bits per heavy atom. The normalized spacial score (nSPS) is 20.6. The van der Waals surface area contributed by atoms with Gasteiger partial charge in [0.25, 0.3) is 0 Å². The number of hydrogen-bond acceptors (Lipinski definition) is 4. The van der Waals surface area contributed by atoms with Crippen LogP contribution in [0.15, 0.2) is 12.1 Å². The molecule has 1 aliphatic heterocycles. The Kier molecular flexibility index (Phi) is 3.77. The first-order valence-corrected chi connectivity index (χ1v) is 7.21. The Morgan fingerprint density at radius 1 is 1.26 bits per heavy atom. The maximum Gasteiger partial charge on any atom is 0.505 e. The highest BCUT2D eigenvalue weighted by Crippen LogP contribution is 2.36. The fourth-order valence-electron chi connectivity index (χ4n) is 1.79. The van der Waals surface area contributed by atoms with Crippen molar-refractivity contribution in [3.8, 4) is 0 Å². The second-order valence-electron chi connectivity index (χ2n) is 5.80. The minimum atomic E-state index is -0.320. The highest BCUT2D eigenvalue weighted by atomic mass is 32.1. The van der Waals surface area contributed by atoms with Crippen molar-refractivity contribution in [2.24, 2.45) is 0 Å². The number of nitrogens with one attached hydrogen (secondary N) is 1. The van der Waals surface area contributed by atoms with E-state index >= 15 is 0 Å². The van der Waals surface area contributed by atoms with Gasteiger partial charge in [-0.25, -0.2) is 0 Å². The van der Waals surface area contributed by atoms with Crippen molar-refractivity contribution >= 4 is 29.1 Å². The van der Waals surface area contributed by atoms with Crippen molar-refractivity contribution in [1.29, 1.82) is 0 Å². The number of thiophene rings is 1. The van der Waals surface area contributed by atoms with Crippen LogP contribution >= 0.6 is 11.3 Å². The van der Waals surface area contributed by atoms with Gasteiger partial charge in [-0.05, 0) is 33.8 Å². The van der Waals surface area contributed by atoms with Gasteiger partial charge in [0.05, 0.1) is 17.7 Å². The molecular formula is C13H20BNO3S. The maximum absolute atomic E-state index is 10.9. The monoisotopic (exact) mass is 281 g/mol. The van der Waals surface area contributed by atoms with Crippen LogP contribution in [0.1, 0.15) is 39.5 Å². The van der Waals surface area contributed by atoms with Gasteiger partial charge in [-0.3, -0.25) is 4.79 Å². The SMILES string of the molecule is CC(=O)NCc1ccc(B2OC(C)(C)C(C)(C)O2)s1. The van der Waals surface area contributed by atoms with Gasteiger partial charge in [-0.1, -0.05) is 6.07 Å². The topological polar surface area (TPSA) is 47.6 Å². The van der Waals surface area contributed by atoms with Crippen LogP contribution in [-0.2, 0) is 20.6 Å². The predicted octanol–water partition coefficient (Wildman–Crippen LogP) is 1.68. The first-order valence-electron chi connectivity index (χ1n) is 6.40. The lowest BCUT2D eigenvalue weighted by molar-refractivity contribution is -0.119. The first kappa shape index (κ1) is 14.6. The molecule has 1 fully saturated rings. The van der Waals surface area contributed by atoms with Gasteiger partial charge in [0, 0.05) is 16.6 Å². The molecule has 0 unspecified atom stereocenters. The molecule has 1 amide bonds. The van der Waals surface area contributed by atoms with E-state index < -0.39 is 0 Å². The summed E-state index contributed by atoms with van der Waals surface area (Å²) in [5, 5.41) is 2.79.